The molecule has 0 radical (unpaired) electrons. The molecule has 3 aromatic rings. The molecule has 2 N–H and O–H groups in total. The van der Waals surface area contributed by atoms with Crippen LogP contribution in [0.5, 0.6) is 0 Å². The molecule has 148 valence electrons. The van der Waals surface area contributed by atoms with Gasteiger partial charge in [0.15, 0.2) is 0 Å². The average molecular weight is 402 g/mol. The highest BCUT2D eigenvalue weighted by molar-refractivity contribution is 6.32. The quantitative estimate of drug-likeness (QED) is 0.700. The van der Waals surface area contributed by atoms with Crippen molar-refractivity contribution in [2.24, 2.45) is 0 Å². The smallest absolute Gasteiger partial charge is 0.223 e. The summed E-state index contributed by atoms with van der Waals surface area (Å²) in [7, 11) is 0. The third-order valence-electron chi connectivity index (χ3n) is 4.93. The minimum absolute atomic E-state index is 0.0422. The van der Waals surface area contributed by atoms with E-state index in [0.717, 1.165) is 16.9 Å². The lowest BCUT2D eigenvalue weighted by atomic mass is 9.93. The lowest BCUT2D eigenvalue weighted by Crippen LogP contribution is -2.42. The summed E-state index contributed by atoms with van der Waals surface area (Å²) < 4.78 is 7.35. The SMILES string of the molecule is CC(C)(C)c1cnc2ccc(-c3nc(N[C@@H]4CCOC[C@H]4O)ncc3Cl)cn12. The highest BCUT2D eigenvalue weighted by Gasteiger charge is 2.25. The number of imidazole rings is 1. The van der Waals surface area contributed by atoms with Crippen LogP contribution >= 0.6 is 11.6 Å². The van der Waals surface area contributed by atoms with E-state index in [1.807, 2.05) is 24.5 Å². The number of ether oxygens (including phenoxy) is 1. The van der Waals surface area contributed by atoms with Crippen LogP contribution in [-0.2, 0) is 10.2 Å². The lowest BCUT2D eigenvalue weighted by molar-refractivity contribution is -0.0136. The number of rotatable bonds is 3. The third-order valence-corrected chi connectivity index (χ3v) is 5.21. The molecule has 8 heteroatoms. The minimum atomic E-state index is -0.590. The number of aliphatic hydroxyl groups excluding tert-OH is 1. The van der Waals surface area contributed by atoms with E-state index in [1.165, 1.54) is 0 Å². The van der Waals surface area contributed by atoms with E-state index in [0.29, 0.717) is 36.3 Å². The molecule has 0 aromatic carbocycles. The fourth-order valence-corrected chi connectivity index (χ4v) is 3.57. The number of hydrogen-bond donors (Lipinski definition) is 2. The molecule has 0 aliphatic carbocycles. The van der Waals surface area contributed by atoms with Crippen LogP contribution in [0.4, 0.5) is 5.95 Å². The van der Waals surface area contributed by atoms with Crippen LogP contribution in [0.1, 0.15) is 32.9 Å². The Morgan fingerprint density at radius 3 is 2.82 bits per heavy atom. The number of nitrogens with one attached hydrogen (secondary N) is 1. The van der Waals surface area contributed by atoms with Crippen LogP contribution < -0.4 is 5.32 Å². The summed E-state index contributed by atoms with van der Waals surface area (Å²) in [6.45, 7) is 7.37. The van der Waals surface area contributed by atoms with E-state index in [-0.39, 0.29) is 11.5 Å². The molecular weight excluding hydrogens is 378 g/mol. The van der Waals surface area contributed by atoms with Crippen molar-refractivity contribution in [1.29, 1.82) is 0 Å². The Morgan fingerprint density at radius 2 is 2.07 bits per heavy atom. The molecule has 4 rings (SSSR count). The number of aromatic nitrogens is 4. The van der Waals surface area contributed by atoms with E-state index in [1.54, 1.807) is 6.20 Å². The Balaban J connectivity index is 1.70. The van der Waals surface area contributed by atoms with E-state index >= 15 is 0 Å². The summed E-state index contributed by atoms with van der Waals surface area (Å²) in [5, 5.41) is 13.8. The predicted molar refractivity (Wildman–Crippen MR) is 109 cm³/mol. The summed E-state index contributed by atoms with van der Waals surface area (Å²) in [5.41, 5.74) is 3.45. The molecule has 3 aromatic heterocycles. The van der Waals surface area contributed by atoms with E-state index < -0.39 is 6.10 Å². The summed E-state index contributed by atoms with van der Waals surface area (Å²) in [6.07, 6.45) is 5.59. The molecule has 28 heavy (non-hydrogen) atoms. The van der Waals surface area contributed by atoms with Crippen molar-refractivity contribution in [1.82, 2.24) is 19.4 Å². The zero-order valence-corrected chi connectivity index (χ0v) is 16.9. The maximum absolute atomic E-state index is 10.1. The highest BCUT2D eigenvalue weighted by Crippen LogP contribution is 2.29. The summed E-state index contributed by atoms with van der Waals surface area (Å²) in [4.78, 5) is 13.4. The lowest BCUT2D eigenvalue weighted by Gasteiger charge is -2.28. The molecule has 1 aliphatic rings. The van der Waals surface area contributed by atoms with Crippen molar-refractivity contribution < 1.29 is 9.84 Å². The van der Waals surface area contributed by atoms with Crippen LogP contribution in [0.3, 0.4) is 0 Å². The molecule has 1 fully saturated rings. The number of halogens is 1. The molecule has 0 bridgehead atoms. The Morgan fingerprint density at radius 1 is 1.25 bits per heavy atom. The van der Waals surface area contributed by atoms with Gasteiger partial charge in [-0.3, -0.25) is 0 Å². The Hall–Kier alpha value is -2.22. The molecule has 0 saturated carbocycles. The molecule has 2 atom stereocenters. The second-order valence-corrected chi connectivity index (χ2v) is 8.52. The number of pyridine rings is 1. The second kappa shape index (κ2) is 7.31. The minimum Gasteiger partial charge on any atom is -0.389 e. The standard InChI is InChI=1S/C20H24ClN5O2/c1-20(2,3)16-9-22-17-5-4-12(10-26(16)17)18-13(21)8-23-19(25-18)24-14-6-7-28-11-15(14)27/h4-5,8-10,14-15,27H,6-7,11H2,1-3H3,(H,23,24,25)/t14-,15-/m1/s1. The molecule has 1 saturated heterocycles. The first-order valence-corrected chi connectivity index (χ1v) is 9.73. The van der Waals surface area contributed by atoms with E-state index in [2.05, 4.69) is 45.4 Å². The van der Waals surface area contributed by atoms with Gasteiger partial charge in [-0.1, -0.05) is 32.4 Å². The van der Waals surface area contributed by atoms with E-state index in [9.17, 15) is 5.11 Å². The van der Waals surface area contributed by atoms with Crippen molar-refractivity contribution in [2.45, 2.75) is 44.8 Å². The van der Waals surface area contributed by atoms with Crippen molar-refractivity contribution >= 4 is 23.2 Å². The molecule has 0 amide bonds. The van der Waals surface area contributed by atoms with Crippen molar-refractivity contribution in [3.8, 4) is 11.3 Å². The Labute approximate surface area is 168 Å². The average Bonchev–Trinajstić information content (AvgIpc) is 3.08. The fraction of sp³-hybridized carbons (Fsp3) is 0.450. The normalized spacial score (nSPS) is 20.5. The van der Waals surface area contributed by atoms with Crippen LogP contribution in [0.2, 0.25) is 5.02 Å². The van der Waals surface area contributed by atoms with Crippen LogP contribution in [-0.4, -0.2) is 49.8 Å². The summed E-state index contributed by atoms with van der Waals surface area (Å²) in [6, 6.07) is 3.76. The van der Waals surface area contributed by atoms with Crippen LogP contribution in [0.15, 0.2) is 30.7 Å². The number of anilines is 1. The first-order chi connectivity index (χ1) is 13.3. The number of aliphatic hydroxyl groups is 1. The van der Waals surface area contributed by atoms with Gasteiger partial charge in [-0.05, 0) is 18.6 Å². The molecule has 0 unspecified atom stereocenters. The molecule has 7 nitrogen and oxygen atoms in total. The predicted octanol–water partition coefficient (Wildman–Crippen LogP) is 3.30. The number of hydrogen-bond acceptors (Lipinski definition) is 6. The van der Waals surface area contributed by atoms with Gasteiger partial charge in [0.05, 0.1) is 35.7 Å². The zero-order valence-electron chi connectivity index (χ0n) is 16.2. The number of nitrogens with zero attached hydrogens (tertiary/aromatic N) is 4. The van der Waals surface area contributed by atoms with Gasteiger partial charge in [-0.15, -0.1) is 0 Å². The summed E-state index contributed by atoms with van der Waals surface area (Å²) in [5.74, 6) is 0.437. The Bertz CT molecular complexity index is 998. The summed E-state index contributed by atoms with van der Waals surface area (Å²) >= 11 is 6.41. The Kier molecular flexibility index (Phi) is 4.99. The zero-order chi connectivity index (χ0) is 19.9. The van der Waals surface area contributed by atoms with Gasteiger partial charge >= 0.3 is 0 Å². The maximum atomic E-state index is 10.1. The van der Waals surface area contributed by atoms with Crippen molar-refractivity contribution in [3.63, 3.8) is 0 Å². The van der Waals surface area contributed by atoms with Crippen LogP contribution in [0.25, 0.3) is 16.9 Å². The van der Waals surface area contributed by atoms with Gasteiger partial charge in [0, 0.05) is 35.7 Å². The first kappa shape index (κ1) is 19.1. The molecule has 0 spiro atoms. The second-order valence-electron chi connectivity index (χ2n) is 8.11. The fourth-order valence-electron chi connectivity index (χ4n) is 3.37. The largest absolute Gasteiger partial charge is 0.389 e. The van der Waals surface area contributed by atoms with Gasteiger partial charge in [-0.25, -0.2) is 15.0 Å². The first-order valence-electron chi connectivity index (χ1n) is 9.36. The van der Waals surface area contributed by atoms with Gasteiger partial charge < -0.3 is 19.6 Å². The number of fused-ring (bicyclic) bond motifs is 1. The van der Waals surface area contributed by atoms with Crippen molar-refractivity contribution in [2.75, 3.05) is 18.5 Å². The molecule has 4 heterocycles. The van der Waals surface area contributed by atoms with Crippen molar-refractivity contribution in [3.05, 3.63) is 41.4 Å². The van der Waals surface area contributed by atoms with E-state index in [4.69, 9.17) is 16.3 Å². The van der Waals surface area contributed by atoms with Crippen LogP contribution in [0, 0.1) is 0 Å². The highest BCUT2D eigenvalue weighted by atomic mass is 35.5. The van der Waals surface area contributed by atoms with Gasteiger partial charge in [0.25, 0.3) is 0 Å². The molecular formula is C20H24ClN5O2. The maximum Gasteiger partial charge on any atom is 0.223 e. The third kappa shape index (κ3) is 3.70. The topological polar surface area (TPSA) is 84.6 Å². The van der Waals surface area contributed by atoms with Gasteiger partial charge in [0.1, 0.15) is 5.65 Å². The molecule has 1 aliphatic heterocycles. The van der Waals surface area contributed by atoms with Gasteiger partial charge in [0.2, 0.25) is 5.95 Å². The van der Waals surface area contributed by atoms with Gasteiger partial charge in [-0.2, -0.15) is 0 Å². The monoisotopic (exact) mass is 401 g/mol.